The Morgan fingerprint density at radius 1 is 1.50 bits per heavy atom. The molecule has 16 heavy (non-hydrogen) atoms. The van der Waals surface area contributed by atoms with Gasteiger partial charge in [-0.05, 0) is 13.5 Å². The first kappa shape index (κ1) is 15.3. The van der Waals surface area contributed by atoms with E-state index in [9.17, 15) is 13.2 Å². The van der Waals surface area contributed by atoms with E-state index in [0.29, 0.717) is 6.42 Å². The number of rotatable bonds is 8. The number of nitrogens with one attached hydrogen (secondary N) is 1. The fourth-order valence-corrected chi connectivity index (χ4v) is 2.79. The fraction of sp³-hybridized carbons (Fsp3) is 0.889. The van der Waals surface area contributed by atoms with Gasteiger partial charge in [0.1, 0.15) is 0 Å². The normalized spacial score (nSPS) is 13.4. The quantitative estimate of drug-likeness (QED) is 0.535. The molecule has 6 nitrogen and oxygen atoms in total. The Labute approximate surface area is 95.9 Å². The number of aliphatic hydroxyl groups is 1. The molecule has 0 rings (SSSR count). The third-order valence-corrected chi connectivity index (χ3v) is 3.92. The van der Waals surface area contributed by atoms with Gasteiger partial charge in [0, 0.05) is 12.6 Å². The van der Waals surface area contributed by atoms with Gasteiger partial charge >= 0.3 is 5.97 Å². The molecule has 0 aliphatic rings. The minimum atomic E-state index is -3.29. The number of sulfone groups is 1. The summed E-state index contributed by atoms with van der Waals surface area (Å²) in [5.41, 5.74) is 0. The van der Waals surface area contributed by atoms with Crippen molar-refractivity contribution in [1.29, 1.82) is 0 Å². The van der Waals surface area contributed by atoms with Gasteiger partial charge in [0.15, 0.2) is 9.84 Å². The van der Waals surface area contributed by atoms with Crippen molar-refractivity contribution < 1.29 is 23.1 Å². The second kappa shape index (κ2) is 7.59. The van der Waals surface area contributed by atoms with Crippen molar-refractivity contribution in [3.05, 3.63) is 0 Å². The van der Waals surface area contributed by atoms with Gasteiger partial charge in [0.25, 0.3) is 0 Å². The molecule has 0 amide bonds. The zero-order valence-electron chi connectivity index (χ0n) is 9.60. The lowest BCUT2D eigenvalue weighted by atomic mass is 10.2. The smallest absolute Gasteiger partial charge is 0.306 e. The van der Waals surface area contributed by atoms with Gasteiger partial charge in [0.2, 0.25) is 0 Å². The van der Waals surface area contributed by atoms with Gasteiger partial charge in [-0.15, -0.1) is 0 Å². The molecule has 7 heteroatoms. The molecule has 0 bridgehead atoms. The lowest BCUT2D eigenvalue weighted by Crippen LogP contribution is -2.35. The van der Waals surface area contributed by atoms with Crippen molar-refractivity contribution in [2.45, 2.75) is 18.9 Å². The maximum absolute atomic E-state index is 11.6. The zero-order chi connectivity index (χ0) is 12.6. The number of esters is 1. The van der Waals surface area contributed by atoms with E-state index in [0.717, 1.165) is 0 Å². The highest BCUT2D eigenvalue weighted by Gasteiger charge is 2.19. The van der Waals surface area contributed by atoms with Crippen LogP contribution in [0.3, 0.4) is 0 Å². The summed E-state index contributed by atoms with van der Waals surface area (Å²) >= 11 is 0. The molecule has 0 saturated carbocycles. The molecule has 2 N–H and O–H groups in total. The molecule has 1 unspecified atom stereocenters. The average Bonchev–Trinajstić information content (AvgIpc) is 2.25. The monoisotopic (exact) mass is 253 g/mol. The van der Waals surface area contributed by atoms with E-state index in [1.165, 1.54) is 7.11 Å². The van der Waals surface area contributed by atoms with Crippen molar-refractivity contribution in [2.75, 3.05) is 32.3 Å². The van der Waals surface area contributed by atoms with Crippen LogP contribution >= 0.6 is 0 Å². The van der Waals surface area contributed by atoms with Crippen LogP contribution in [0.4, 0.5) is 0 Å². The molecular formula is C9H19NO5S. The molecular weight excluding hydrogens is 234 g/mol. The molecule has 96 valence electrons. The number of carbonyl (C=O) groups excluding carboxylic acids is 1. The van der Waals surface area contributed by atoms with Crippen LogP contribution in [0.25, 0.3) is 0 Å². The second-order valence-electron chi connectivity index (χ2n) is 3.44. The van der Waals surface area contributed by atoms with E-state index in [1.807, 2.05) is 0 Å². The fourth-order valence-electron chi connectivity index (χ4n) is 1.20. The van der Waals surface area contributed by atoms with Crippen LogP contribution in [-0.4, -0.2) is 57.8 Å². The van der Waals surface area contributed by atoms with Crippen molar-refractivity contribution in [2.24, 2.45) is 0 Å². The number of hydrogen-bond donors (Lipinski definition) is 2. The Kier molecular flexibility index (Phi) is 7.27. The summed E-state index contributed by atoms with van der Waals surface area (Å²) in [5, 5.41) is 11.5. The summed E-state index contributed by atoms with van der Waals surface area (Å²) in [6.07, 6.45) is 0.238. The SMILES string of the molecule is CNC(CCO)CS(=O)(=O)CCC(=O)OC. The molecule has 1 atom stereocenters. The molecule has 0 aliphatic carbocycles. The van der Waals surface area contributed by atoms with Crippen LogP contribution in [0.2, 0.25) is 0 Å². The van der Waals surface area contributed by atoms with Crippen molar-refractivity contribution in [1.82, 2.24) is 5.32 Å². The molecule has 0 radical (unpaired) electrons. The number of hydrogen-bond acceptors (Lipinski definition) is 6. The average molecular weight is 253 g/mol. The molecule has 0 aromatic carbocycles. The first-order valence-corrected chi connectivity index (χ1v) is 6.82. The topological polar surface area (TPSA) is 92.7 Å². The van der Waals surface area contributed by atoms with Crippen molar-refractivity contribution in [3.63, 3.8) is 0 Å². The first-order chi connectivity index (χ1) is 7.45. The Balaban J connectivity index is 4.17. The summed E-state index contributed by atoms with van der Waals surface area (Å²) < 4.78 is 27.5. The lowest BCUT2D eigenvalue weighted by molar-refractivity contribution is -0.140. The summed E-state index contributed by atoms with van der Waals surface area (Å²) in [6, 6.07) is -0.285. The summed E-state index contributed by atoms with van der Waals surface area (Å²) in [5.74, 6) is -0.837. The van der Waals surface area contributed by atoms with Crippen LogP contribution in [0.15, 0.2) is 0 Å². The minimum absolute atomic E-state index is 0.0714. The van der Waals surface area contributed by atoms with E-state index < -0.39 is 15.8 Å². The highest BCUT2D eigenvalue weighted by Crippen LogP contribution is 2.01. The molecule has 0 aromatic heterocycles. The molecule has 0 aliphatic heterocycles. The van der Waals surface area contributed by atoms with E-state index >= 15 is 0 Å². The van der Waals surface area contributed by atoms with Crippen molar-refractivity contribution in [3.8, 4) is 0 Å². The van der Waals surface area contributed by atoms with Crippen LogP contribution in [-0.2, 0) is 19.4 Å². The van der Waals surface area contributed by atoms with E-state index in [-0.39, 0.29) is 30.6 Å². The van der Waals surface area contributed by atoms with Crippen LogP contribution < -0.4 is 5.32 Å². The second-order valence-corrected chi connectivity index (χ2v) is 5.67. The zero-order valence-corrected chi connectivity index (χ0v) is 10.4. The summed E-state index contributed by atoms with van der Waals surface area (Å²) in [6.45, 7) is -0.0714. The maximum Gasteiger partial charge on any atom is 0.306 e. The van der Waals surface area contributed by atoms with E-state index in [2.05, 4.69) is 10.1 Å². The van der Waals surface area contributed by atoms with Gasteiger partial charge in [-0.1, -0.05) is 0 Å². The van der Waals surface area contributed by atoms with Gasteiger partial charge in [0.05, 0.1) is 25.0 Å². The van der Waals surface area contributed by atoms with Gasteiger partial charge < -0.3 is 15.2 Å². The maximum atomic E-state index is 11.6. The number of ether oxygens (including phenoxy) is 1. The molecule has 0 heterocycles. The number of carbonyl (C=O) groups is 1. The Hall–Kier alpha value is -0.660. The third-order valence-electron chi connectivity index (χ3n) is 2.19. The predicted molar refractivity (Wildman–Crippen MR) is 59.8 cm³/mol. The van der Waals surface area contributed by atoms with Gasteiger partial charge in [-0.2, -0.15) is 0 Å². The highest BCUT2D eigenvalue weighted by atomic mass is 32.2. The molecule has 0 fully saturated rings. The molecule has 0 aromatic rings. The standard InChI is InChI=1S/C9H19NO5S/c1-10-8(3-5-11)7-16(13,14)6-4-9(12)15-2/h8,10-11H,3-7H2,1-2H3. The summed E-state index contributed by atoms with van der Waals surface area (Å²) in [7, 11) is -0.440. The Morgan fingerprint density at radius 3 is 2.56 bits per heavy atom. The van der Waals surface area contributed by atoms with Crippen LogP contribution in [0.5, 0.6) is 0 Å². The van der Waals surface area contributed by atoms with E-state index in [4.69, 9.17) is 5.11 Å². The predicted octanol–water partition coefficient (Wildman–Crippen LogP) is -1.07. The third kappa shape index (κ3) is 6.76. The van der Waals surface area contributed by atoms with Crippen LogP contribution in [0, 0.1) is 0 Å². The summed E-state index contributed by atoms with van der Waals surface area (Å²) in [4.78, 5) is 10.8. The van der Waals surface area contributed by atoms with Crippen molar-refractivity contribution >= 4 is 15.8 Å². The highest BCUT2D eigenvalue weighted by molar-refractivity contribution is 7.91. The Morgan fingerprint density at radius 2 is 2.12 bits per heavy atom. The van der Waals surface area contributed by atoms with Gasteiger partial charge in [-0.3, -0.25) is 4.79 Å². The lowest BCUT2D eigenvalue weighted by Gasteiger charge is -2.14. The number of methoxy groups -OCH3 is 1. The van der Waals surface area contributed by atoms with E-state index in [1.54, 1.807) is 7.05 Å². The molecule has 0 spiro atoms. The minimum Gasteiger partial charge on any atom is -0.469 e. The largest absolute Gasteiger partial charge is 0.469 e. The Bertz CT molecular complexity index is 301. The van der Waals surface area contributed by atoms with Crippen LogP contribution in [0.1, 0.15) is 12.8 Å². The van der Waals surface area contributed by atoms with Gasteiger partial charge in [-0.25, -0.2) is 8.42 Å². The molecule has 0 saturated heterocycles. The first-order valence-electron chi connectivity index (χ1n) is 5.00. The number of aliphatic hydroxyl groups excluding tert-OH is 1.